The summed E-state index contributed by atoms with van der Waals surface area (Å²) >= 11 is 0. The molecule has 198 valence electrons. The van der Waals surface area contributed by atoms with E-state index in [0.29, 0.717) is 30.3 Å². The van der Waals surface area contributed by atoms with Crippen LogP contribution >= 0.6 is 10.9 Å². The van der Waals surface area contributed by atoms with E-state index in [1.165, 1.54) is 0 Å². The summed E-state index contributed by atoms with van der Waals surface area (Å²) in [5.41, 5.74) is 16.0. The van der Waals surface area contributed by atoms with Crippen molar-refractivity contribution in [3.63, 3.8) is 0 Å². The molecule has 0 radical (unpaired) electrons. The number of anilines is 1. The number of carbonyl (C=O) groups is 2. The summed E-state index contributed by atoms with van der Waals surface area (Å²) in [5.74, 6) is 0.374. The first-order chi connectivity index (χ1) is 17.5. The van der Waals surface area contributed by atoms with Crippen molar-refractivity contribution in [1.82, 2.24) is 9.88 Å². The van der Waals surface area contributed by atoms with Crippen LogP contribution in [0.15, 0.2) is 40.3 Å². The Balaban J connectivity index is 1.30. The van der Waals surface area contributed by atoms with Gasteiger partial charge >= 0.3 is 6.09 Å². The fourth-order valence-electron chi connectivity index (χ4n) is 5.09. The zero-order valence-corrected chi connectivity index (χ0v) is 22.7. The van der Waals surface area contributed by atoms with Crippen LogP contribution in [0.1, 0.15) is 37.6 Å². The number of benzene rings is 1. The van der Waals surface area contributed by atoms with Crippen molar-refractivity contribution >= 4 is 34.3 Å². The van der Waals surface area contributed by atoms with Crippen LogP contribution in [0, 0.1) is 6.92 Å². The quantitative estimate of drug-likeness (QED) is 0.527. The summed E-state index contributed by atoms with van der Waals surface area (Å²) in [6.07, 6.45) is 0.490. The Kier molecular flexibility index (Phi) is 6.47. The van der Waals surface area contributed by atoms with E-state index in [0.717, 1.165) is 52.8 Å². The number of rotatable bonds is 3. The van der Waals surface area contributed by atoms with Crippen LogP contribution in [0.2, 0.25) is 0 Å². The molecule has 0 saturated carbocycles. The SMILES string of the molecule is Cc1ccc2c(n1)[SH]([C@H]1COc3cc(N4CCN(C(=O)OC(C)(C)C)CC4)ccc3C1)C(C(N)=O)=C2N. The molecule has 1 fully saturated rings. The summed E-state index contributed by atoms with van der Waals surface area (Å²) in [5, 5.41) is 0.931. The van der Waals surface area contributed by atoms with Gasteiger partial charge in [-0.05, 0) is 57.9 Å². The predicted octanol–water partition coefficient (Wildman–Crippen LogP) is 2.94. The third kappa shape index (κ3) is 4.94. The van der Waals surface area contributed by atoms with E-state index in [2.05, 4.69) is 23.1 Å². The smallest absolute Gasteiger partial charge is 0.410 e. The van der Waals surface area contributed by atoms with Gasteiger partial charge in [0, 0.05) is 54.4 Å². The van der Waals surface area contributed by atoms with Crippen LogP contribution in [-0.2, 0) is 16.0 Å². The highest BCUT2D eigenvalue weighted by Gasteiger charge is 2.39. The Bertz CT molecular complexity index is 1280. The minimum absolute atomic E-state index is 0.0577. The molecular weight excluding hydrogens is 490 g/mol. The second-order valence-electron chi connectivity index (χ2n) is 10.7. The van der Waals surface area contributed by atoms with Gasteiger partial charge in [0.25, 0.3) is 5.91 Å². The molecule has 1 unspecified atom stereocenters. The third-order valence-electron chi connectivity index (χ3n) is 6.86. The van der Waals surface area contributed by atoms with Gasteiger partial charge in [0.2, 0.25) is 0 Å². The fourth-order valence-corrected chi connectivity index (χ4v) is 7.95. The van der Waals surface area contributed by atoms with E-state index in [1.54, 1.807) is 4.90 Å². The number of pyridine rings is 1. The molecule has 0 aliphatic carbocycles. The van der Waals surface area contributed by atoms with Crippen molar-refractivity contribution in [3.05, 3.63) is 52.1 Å². The van der Waals surface area contributed by atoms with Gasteiger partial charge in [0.05, 0.1) is 22.2 Å². The highest BCUT2D eigenvalue weighted by Crippen LogP contribution is 2.57. The minimum atomic E-state index is -1.12. The van der Waals surface area contributed by atoms with Gasteiger partial charge in [-0.1, -0.05) is 6.07 Å². The zero-order valence-electron chi connectivity index (χ0n) is 21.8. The van der Waals surface area contributed by atoms with Crippen LogP contribution in [-0.4, -0.2) is 65.5 Å². The first-order valence-corrected chi connectivity index (χ1v) is 14.0. The fraction of sp³-hybridized carbons (Fsp3) is 0.444. The maximum Gasteiger partial charge on any atom is 0.410 e. The molecule has 10 heteroatoms. The lowest BCUT2D eigenvalue weighted by atomic mass is 10.0. The summed E-state index contributed by atoms with van der Waals surface area (Å²) in [6, 6.07) is 10.1. The molecule has 2 atom stereocenters. The van der Waals surface area contributed by atoms with E-state index >= 15 is 0 Å². The number of aryl methyl sites for hydroxylation is 1. The largest absolute Gasteiger partial charge is 0.492 e. The number of amides is 2. The van der Waals surface area contributed by atoms with E-state index in [4.69, 9.17) is 25.9 Å². The van der Waals surface area contributed by atoms with Gasteiger partial charge in [-0.3, -0.25) is 4.79 Å². The maximum atomic E-state index is 12.4. The molecule has 0 spiro atoms. The Morgan fingerprint density at radius 2 is 1.86 bits per heavy atom. The van der Waals surface area contributed by atoms with Crippen molar-refractivity contribution in [1.29, 1.82) is 0 Å². The number of primary amides is 1. The predicted molar refractivity (Wildman–Crippen MR) is 146 cm³/mol. The number of ether oxygens (including phenoxy) is 2. The number of nitrogens with zero attached hydrogens (tertiary/aromatic N) is 3. The standard InChI is InChI=1S/C27H35N5O4S/c1-16-5-8-20-22(28)23(24(29)33)37(25(20)30-16)19-13-17-6-7-18(14-21(17)35-15-19)31-9-11-32(12-10-31)26(34)36-27(2,3)4/h5-8,14,19,37H,9-13,15,28H2,1-4H3,(H2,29,33)/t19-/m1/s1. The van der Waals surface area contributed by atoms with Crippen LogP contribution in [0.25, 0.3) is 5.70 Å². The average molecular weight is 526 g/mol. The molecule has 2 amide bonds. The number of aromatic nitrogens is 1. The highest BCUT2D eigenvalue weighted by molar-refractivity contribution is 8.22. The van der Waals surface area contributed by atoms with Gasteiger partial charge in [0.1, 0.15) is 11.4 Å². The van der Waals surface area contributed by atoms with E-state index in [-0.39, 0.29) is 11.3 Å². The van der Waals surface area contributed by atoms with Crippen LogP contribution in [0.3, 0.4) is 0 Å². The molecule has 4 N–H and O–H groups in total. The number of nitrogens with two attached hydrogens (primary N) is 2. The van der Waals surface area contributed by atoms with Gasteiger partial charge in [-0.25, -0.2) is 9.78 Å². The lowest BCUT2D eigenvalue weighted by Gasteiger charge is -2.37. The summed E-state index contributed by atoms with van der Waals surface area (Å²) in [7, 11) is -1.12. The molecule has 4 heterocycles. The number of hydrogen-bond donors (Lipinski definition) is 3. The third-order valence-corrected chi connectivity index (χ3v) is 9.66. The second-order valence-corrected chi connectivity index (χ2v) is 13.1. The normalized spacial score (nSPS) is 22.3. The Hall–Kier alpha value is -3.40. The maximum absolute atomic E-state index is 12.4. The summed E-state index contributed by atoms with van der Waals surface area (Å²) in [6.45, 7) is 10.7. The number of piperazine rings is 1. The van der Waals surface area contributed by atoms with Crippen molar-refractivity contribution in [2.75, 3.05) is 37.7 Å². The van der Waals surface area contributed by atoms with Gasteiger partial charge in [-0.2, -0.15) is 10.9 Å². The van der Waals surface area contributed by atoms with Crippen molar-refractivity contribution in [2.24, 2.45) is 11.5 Å². The molecule has 3 aliphatic rings. The Morgan fingerprint density at radius 1 is 1.14 bits per heavy atom. The number of carbonyl (C=O) groups excluding carboxylic acids is 2. The highest BCUT2D eigenvalue weighted by atomic mass is 32.2. The first-order valence-electron chi connectivity index (χ1n) is 12.6. The Labute approximate surface area is 220 Å². The van der Waals surface area contributed by atoms with E-state index < -0.39 is 22.4 Å². The molecule has 0 bridgehead atoms. The van der Waals surface area contributed by atoms with Gasteiger partial charge in [0.15, 0.2) is 0 Å². The zero-order chi connectivity index (χ0) is 26.5. The molecule has 1 saturated heterocycles. The number of fused-ring (bicyclic) bond motifs is 2. The topological polar surface area (TPSA) is 124 Å². The van der Waals surface area contributed by atoms with Gasteiger partial charge in [-0.15, -0.1) is 0 Å². The molecule has 3 aliphatic heterocycles. The van der Waals surface area contributed by atoms with Gasteiger partial charge < -0.3 is 30.7 Å². The number of hydrogen-bond acceptors (Lipinski definition) is 7. The average Bonchev–Trinajstić information content (AvgIpc) is 3.14. The van der Waals surface area contributed by atoms with Crippen LogP contribution < -0.4 is 21.1 Å². The van der Waals surface area contributed by atoms with E-state index in [1.807, 2.05) is 39.8 Å². The molecule has 37 heavy (non-hydrogen) atoms. The monoisotopic (exact) mass is 525 g/mol. The minimum Gasteiger partial charge on any atom is -0.492 e. The van der Waals surface area contributed by atoms with Crippen LogP contribution in [0.5, 0.6) is 5.75 Å². The first kappa shape index (κ1) is 25.3. The van der Waals surface area contributed by atoms with Crippen molar-refractivity contribution < 1.29 is 19.1 Å². The van der Waals surface area contributed by atoms with E-state index in [9.17, 15) is 9.59 Å². The van der Waals surface area contributed by atoms with Crippen LogP contribution in [0.4, 0.5) is 10.5 Å². The molecule has 1 aromatic carbocycles. The van der Waals surface area contributed by atoms with Crippen molar-refractivity contribution in [2.45, 2.75) is 50.0 Å². The number of thiol groups is 1. The molecular formula is C27H35N5O4S. The molecule has 5 rings (SSSR count). The lowest BCUT2D eigenvalue weighted by Crippen LogP contribution is -2.50. The molecule has 1 aromatic heterocycles. The van der Waals surface area contributed by atoms with Crippen molar-refractivity contribution in [3.8, 4) is 5.75 Å². The lowest BCUT2D eigenvalue weighted by molar-refractivity contribution is -0.113. The molecule has 2 aromatic rings. The summed E-state index contributed by atoms with van der Waals surface area (Å²) in [4.78, 5) is 34.1. The molecule has 9 nitrogen and oxygen atoms in total. The summed E-state index contributed by atoms with van der Waals surface area (Å²) < 4.78 is 11.8. The second kappa shape index (κ2) is 9.48. The Morgan fingerprint density at radius 3 is 2.54 bits per heavy atom.